The number of hydrogen-bond donors (Lipinski definition) is 1. The number of aromatic nitrogens is 2. The maximum Gasteiger partial charge on any atom is 0.148 e. The lowest BCUT2D eigenvalue weighted by Crippen LogP contribution is -2.35. The highest BCUT2D eigenvalue weighted by molar-refractivity contribution is 5.43. The molecule has 1 heterocycles. The van der Waals surface area contributed by atoms with Crippen molar-refractivity contribution in [1.29, 1.82) is 0 Å². The Morgan fingerprint density at radius 1 is 1.25 bits per heavy atom. The summed E-state index contributed by atoms with van der Waals surface area (Å²) in [6.07, 6.45) is 3.50. The summed E-state index contributed by atoms with van der Waals surface area (Å²) in [6, 6.07) is 0. The van der Waals surface area contributed by atoms with Gasteiger partial charge in [0.2, 0.25) is 0 Å². The molecule has 16 heavy (non-hydrogen) atoms. The zero-order valence-corrected chi connectivity index (χ0v) is 10.5. The molecule has 0 fully saturated rings. The van der Waals surface area contributed by atoms with Crippen molar-refractivity contribution in [3.8, 4) is 0 Å². The van der Waals surface area contributed by atoms with Gasteiger partial charge in [0.25, 0.3) is 0 Å². The van der Waals surface area contributed by atoms with E-state index in [9.17, 15) is 0 Å². The van der Waals surface area contributed by atoms with Crippen LogP contribution in [0.3, 0.4) is 0 Å². The van der Waals surface area contributed by atoms with Crippen LogP contribution in [0.2, 0.25) is 0 Å². The Hall–Kier alpha value is -1.64. The summed E-state index contributed by atoms with van der Waals surface area (Å²) in [5, 5.41) is 4.74. The highest BCUT2D eigenvalue weighted by Crippen LogP contribution is 2.11. The SMILES string of the molecule is C=CC=c1nc(C)c(NC(C)(C)C)nc1=C. The van der Waals surface area contributed by atoms with Crippen molar-refractivity contribution < 1.29 is 0 Å². The van der Waals surface area contributed by atoms with Crippen LogP contribution in [-0.2, 0) is 0 Å². The summed E-state index contributed by atoms with van der Waals surface area (Å²) in [6.45, 7) is 15.7. The molecule has 0 saturated carbocycles. The second kappa shape index (κ2) is 4.47. The first kappa shape index (κ1) is 12.4. The van der Waals surface area contributed by atoms with Crippen molar-refractivity contribution in [1.82, 2.24) is 9.97 Å². The lowest BCUT2D eigenvalue weighted by atomic mass is 10.1. The van der Waals surface area contributed by atoms with Gasteiger partial charge in [-0.25, -0.2) is 9.97 Å². The molecule has 1 aromatic rings. The second-order valence-corrected chi connectivity index (χ2v) is 4.77. The van der Waals surface area contributed by atoms with E-state index in [1.807, 2.05) is 13.0 Å². The third-order valence-electron chi connectivity index (χ3n) is 1.94. The highest BCUT2D eigenvalue weighted by atomic mass is 15.1. The van der Waals surface area contributed by atoms with Crippen molar-refractivity contribution >= 4 is 18.5 Å². The monoisotopic (exact) mass is 217 g/mol. The van der Waals surface area contributed by atoms with Crippen LogP contribution in [0.25, 0.3) is 12.7 Å². The molecule has 0 spiro atoms. The Balaban J connectivity index is 3.27. The van der Waals surface area contributed by atoms with Crippen molar-refractivity contribution in [3.05, 3.63) is 29.0 Å². The predicted molar refractivity (Wildman–Crippen MR) is 69.6 cm³/mol. The molecule has 1 rings (SSSR count). The van der Waals surface area contributed by atoms with Gasteiger partial charge in [0.05, 0.1) is 16.4 Å². The van der Waals surface area contributed by atoms with E-state index in [2.05, 4.69) is 49.2 Å². The molecule has 0 aliphatic heterocycles. The van der Waals surface area contributed by atoms with E-state index in [4.69, 9.17) is 0 Å². The summed E-state index contributed by atoms with van der Waals surface area (Å²) in [4.78, 5) is 8.85. The molecule has 0 bridgehead atoms. The molecule has 0 radical (unpaired) electrons. The van der Waals surface area contributed by atoms with E-state index < -0.39 is 0 Å². The van der Waals surface area contributed by atoms with Crippen LogP contribution in [0.5, 0.6) is 0 Å². The Labute approximate surface area is 96.6 Å². The molecule has 1 N–H and O–H groups in total. The molecular formula is C13H19N3. The molecule has 3 nitrogen and oxygen atoms in total. The van der Waals surface area contributed by atoms with Gasteiger partial charge < -0.3 is 5.32 Å². The fourth-order valence-corrected chi connectivity index (χ4v) is 1.29. The van der Waals surface area contributed by atoms with Gasteiger partial charge in [-0.05, 0) is 33.8 Å². The largest absolute Gasteiger partial charge is 0.364 e. The molecule has 0 unspecified atom stereocenters. The topological polar surface area (TPSA) is 37.8 Å². The van der Waals surface area contributed by atoms with Gasteiger partial charge in [0, 0.05) is 5.54 Å². The van der Waals surface area contributed by atoms with Crippen LogP contribution in [0.1, 0.15) is 26.5 Å². The number of allylic oxidation sites excluding steroid dienone is 1. The molecule has 0 atom stereocenters. The Kier molecular flexibility index (Phi) is 3.48. The van der Waals surface area contributed by atoms with Crippen LogP contribution in [0.4, 0.5) is 5.82 Å². The number of nitrogens with zero attached hydrogens (tertiary/aromatic N) is 2. The Bertz CT molecular complexity index is 495. The average Bonchev–Trinajstić information content (AvgIpc) is 2.11. The quantitative estimate of drug-likeness (QED) is 0.813. The zero-order chi connectivity index (χ0) is 12.3. The summed E-state index contributed by atoms with van der Waals surface area (Å²) < 4.78 is 0. The van der Waals surface area contributed by atoms with Crippen molar-refractivity contribution in [2.24, 2.45) is 0 Å². The van der Waals surface area contributed by atoms with Crippen molar-refractivity contribution in [2.75, 3.05) is 5.32 Å². The van der Waals surface area contributed by atoms with E-state index >= 15 is 0 Å². The van der Waals surface area contributed by atoms with Gasteiger partial charge in [-0.15, -0.1) is 0 Å². The smallest absolute Gasteiger partial charge is 0.148 e. The molecule has 0 aliphatic carbocycles. The van der Waals surface area contributed by atoms with Crippen LogP contribution in [0, 0.1) is 6.92 Å². The number of nitrogens with one attached hydrogen (secondary N) is 1. The lowest BCUT2D eigenvalue weighted by Gasteiger charge is -2.22. The van der Waals surface area contributed by atoms with Crippen LogP contribution in [0.15, 0.2) is 12.7 Å². The molecule has 1 aromatic heterocycles. The van der Waals surface area contributed by atoms with Gasteiger partial charge in [-0.1, -0.05) is 19.2 Å². The van der Waals surface area contributed by atoms with Gasteiger partial charge in [0.1, 0.15) is 5.82 Å². The van der Waals surface area contributed by atoms with E-state index in [0.29, 0.717) is 5.35 Å². The number of aryl methyl sites for hydroxylation is 1. The van der Waals surface area contributed by atoms with Gasteiger partial charge in [0.15, 0.2) is 0 Å². The second-order valence-electron chi connectivity index (χ2n) is 4.77. The molecule has 0 aromatic carbocycles. The molecule has 0 amide bonds. The third-order valence-corrected chi connectivity index (χ3v) is 1.94. The first-order valence-corrected chi connectivity index (χ1v) is 5.28. The molecule has 86 valence electrons. The minimum absolute atomic E-state index is 0.0322. The maximum atomic E-state index is 4.43. The van der Waals surface area contributed by atoms with E-state index in [1.54, 1.807) is 6.08 Å². The normalized spacial score (nSPS) is 12.6. The fourth-order valence-electron chi connectivity index (χ4n) is 1.29. The summed E-state index contributed by atoms with van der Waals surface area (Å²) in [5.74, 6) is 0.790. The van der Waals surface area contributed by atoms with Crippen LogP contribution >= 0.6 is 0 Å². The molecule has 0 aliphatic rings. The third kappa shape index (κ3) is 3.19. The van der Waals surface area contributed by atoms with Gasteiger partial charge >= 0.3 is 0 Å². The lowest BCUT2D eigenvalue weighted by molar-refractivity contribution is 0.627. The summed E-state index contributed by atoms with van der Waals surface area (Å²) in [5.41, 5.74) is 0.839. The van der Waals surface area contributed by atoms with Gasteiger partial charge in [-0.2, -0.15) is 0 Å². The minimum atomic E-state index is -0.0322. The standard InChI is InChI=1S/C13H19N3/c1-7-8-11-9(2)15-12(10(3)14-11)16-13(4,5)6/h7-8H,1-2H2,3-6H3,(H,15,16). The van der Waals surface area contributed by atoms with Gasteiger partial charge in [-0.3, -0.25) is 0 Å². The zero-order valence-electron chi connectivity index (χ0n) is 10.5. The van der Waals surface area contributed by atoms with Crippen LogP contribution < -0.4 is 16.0 Å². The van der Waals surface area contributed by atoms with E-state index in [-0.39, 0.29) is 5.54 Å². The van der Waals surface area contributed by atoms with Crippen molar-refractivity contribution in [3.63, 3.8) is 0 Å². The molecule has 0 saturated heterocycles. The number of anilines is 1. The summed E-state index contributed by atoms with van der Waals surface area (Å²) in [7, 11) is 0. The van der Waals surface area contributed by atoms with E-state index in [1.165, 1.54) is 0 Å². The predicted octanol–water partition coefficient (Wildman–Crippen LogP) is 1.37. The average molecular weight is 217 g/mol. The first-order chi connectivity index (χ1) is 7.33. The highest BCUT2D eigenvalue weighted by Gasteiger charge is 2.12. The van der Waals surface area contributed by atoms with Crippen LogP contribution in [-0.4, -0.2) is 15.5 Å². The molecule has 3 heteroatoms. The minimum Gasteiger partial charge on any atom is -0.364 e. The Morgan fingerprint density at radius 2 is 1.88 bits per heavy atom. The fraction of sp³-hybridized carbons (Fsp3) is 0.385. The Morgan fingerprint density at radius 3 is 2.38 bits per heavy atom. The number of hydrogen-bond acceptors (Lipinski definition) is 3. The maximum absolute atomic E-state index is 4.43. The van der Waals surface area contributed by atoms with E-state index in [0.717, 1.165) is 16.9 Å². The number of rotatable bonds is 2. The van der Waals surface area contributed by atoms with Crippen molar-refractivity contribution in [2.45, 2.75) is 33.2 Å². The summed E-state index contributed by atoms with van der Waals surface area (Å²) >= 11 is 0. The molecular weight excluding hydrogens is 198 g/mol. The first-order valence-electron chi connectivity index (χ1n) is 5.28.